The molecule has 3 fully saturated rings. The summed E-state index contributed by atoms with van der Waals surface area (Å²) in [5.74, 6) is 1.82. The summed E-state index contributed by atoms with van der Waals surface area (Å²) >= 11 is 0. The van der Waals surface area contributed by atoms with Gasteiger partial charge in [0, 0.05) is 19.6 Å². The molecule has 0 radical (unpaired) electrons. The van der Waals surface area contributed by atoms with Gasteiger partial charge in [-0.25, -0.2) is 0 Å². The lowest BCUT2D eigenvalue weighted by Crippen LogP contribution is -2.51. The number of nitrogens with one attached hydrogen (secondary N) is 2. The van der Waals surface area contributed by atoms with E-state index >= 15 is 0 Å². The van der Waals surface area contributed by atoms with Gasteiger partial charge in [-0.15, -0.1) is 24.0 Å². The van der Waals surface area contributed by atoms with E-state index in [9.17, 15) is 0 Å². The monoisotopic (exact) mass is 436 g/mol. The molecular formula is C17H33IN4O. The van der Waals surface area contributed by atoms with Gasteiger partial charge < -0.3 is 15.4 Å². The highest BCUT2D eigenvalue weighted by molar-refractivity contribution is 14.0. The van der Waals surface area contributed by atoms with Crippen LogP contribution >= 0.6 is 24.0 Å². The average Bonchev–Trinajstić information content (AvgIpc) is 3.14. The van der Waals surface area contributed by atoms with Crippen LogP contribution in [0.2, 0.25) is 0 Å². The highest BCUT2D eigenvalue weighted by Gasteiger charge is 2.41. The van der Waals surface area contributed by atoms with E-state index in [-0.39, 0.29) is 24.0 Å². The van der Waals surface area contributed by atoms with E-state index < -0.39 is 0 Å². The minimum atomic E-state index is 0. The third-order valence-corrected chi connectivity index (χ3v) is 5.66. The lowest BCUT2D eigenvalue weighted by atomic mass is 9.96. The lowest BCUT2D eigenvalue weighted by molar-refractivity contribution is 0.0992. The van der Waals surface area contributed by atoms with Crippen molar-refractivity contribution in [1.29, 1.82) is 0 Å². The van der Waals surface area contributed by atoms with Crippen molar-refractivity contribution in [1.82, 2.24) is 15.5 Å². The average molecular weight is 436 g/mol. The maximum Gasteiger partial charge on any atom is 0.191 e. The van der Waals surface area contributed by atoms with Crippen molar-refractivity contribution < 1.29 is 4.74 Å². The van der Waals surface area contributed by atoms with Crippen LogP contribution in [0.15, 0.2) is 4.99 Å². The highest BCUT2D eigenvalue weighted by atomic mass is 127. The first-order chi connectivity index (χ1) is 10.7. The van der Waals surface area contributed by atoms with E-state index in [1.807, 2.05) is 7.05 Å². The summed E-state index contributed by atoms with van der Waals surface area (Å²) in [4.78, 5) is 6.98. The number of hydrogen-bond acceptors (Lipinski definition) is 3. The van der Waals surface area contributed by atoms with Gasteiger partial charge in [-0.05, 0) is 58.0 Å². The predicted octanol–water partition coefficient (Wildman–Crippen LogP) is 2.21. The summed E-state index contributed by atoms with van der Waals surface area (Å²) < 4.78 is 5.91. The quantitative estimate of drug-likeness (QED) is 0.403. The van der Waals surface area contributed by atoms with Crippen molar-refractivity contribution >= 4 is 29.9 Å². The minimum absolute atomic E-state index is 0. The predicted molar refractivity (Wildman–Crippen MR) is 106 cm³/mol. The number of likely N-dealkylation sites (tertiary alicyclic amines) is 1. The van der Waals surface area contributed by atoms with Crippen molar-refractivity contribution in [3.05, 3.63) is 0 Å². The summed E-state index contributed by atoms with van der Waals surface area (Å²) in [6, 6.07) is 0.999. The van der Waals surface area contributed by atoms with Crippen LogP contribution < -0.4 is 10.6 Å². The zero-order valence-electron chi connectivity index (χ0n) is 14.8. The molecule has 23 heavy (non-hydrogen) atoms. The molecule has 2 bridgehead atoms. The Morgan fingerprint density at radius 2 is 2.00 bits per heavy atom. The Morgan fingerprint density at radius 1 is 1.26 bits per heavy atom. The summed E-state index contributed by atoms with van der Waals surface area (Å²) in [5.41, 5.74) is 0. The Balaban J connectivity index is 0.00000192. The molecule has 0 aromatic heterocycles. The normalized spacial score (nSPS) is 33.3. The first-order valence-corrected chi connectivity index (χ1v) is 9.02. The van der Waals surface area contributed by atoms with E-state index in [0.29, 0.717) is 24.3 Å². The molecule has 3 aliphatic rings. The molecule has 6 heteroatoms. The van der Waals surface area contributed by atoms with Crippen molar-refractivity contribution in [3.8, 4) is 0 Å². The molecule has 0 aromatic carbocycles. The third kappa shape index (κ3) is 4.95. The molecule has 0 aromatic rings. The number of hydrogen-bond donors (Lipinski definition) is 2. The number of ether oxygens (including phenoxy) is 1. The van der Waals surface area contributed by atoms with Crippen LogP contribution in [-0.2, 0) is 4.74 Å². The molecular weight excluding hydrogens is 403 g/mol. The van der Waals surface area contributed by atoms with Crippen molar-refractivity contribution in [3.63, 3.8) is 0 Å². The standard InChI is InChI=1S/C17H32N4O.HI/c1-12-6-8-21(9-7-12)13(2)11-19-17(18-3)20-15-10-14-4-5-16(15)22-14;/h12-16H,4-11H2,1-3H3,(H2,18,19,20);1H. The zero-order chi connectivity index (χ0) is 15.5. The number of aliphatic imine (C=N–C) groups is 1. The van der Waals surface area contributed by atoms with Gasteiger partial charge in [0.1, 0.15) is 0 Å². The van der Waals surface area contributed by atoms with Crippen LogP contribution in [0.25, 0.3) is 0 Å². The first-order valence-electron chi connectivity index (χ1n) is 9.02. The molecule has 4 unspecified atom stereocenters. The van der Waals surface area contributed by atoms with Gasteiger partial charge in [0.25, 0.3) is 0 Å². The van der Waals surface area contributed by atoms with Crippen molar-refractivity contribution in [2.75, 3.05) is 26.7 Å². The van der Waals surface area contributed by atoms with Gasteiger partial charge in [0.05, 0.1) is 18.2 Å². The maximum absolute atomic E-state index is 5.91. The molecule has 4 atom stereocenters. The molecule has 0 amide bonds. The second kappa shape index (κ2) is 8.85. The molecule has 0 spiro atoms. The molecule has 3 aliphatic heterocycles. The highest BCUT2D eigenvalue weighted by Crippen LogP contribution is 2.34. The first kappa shape index (κ1) is 19.2. The summed E-state index contributed by atoms with van der Waals surface area (Å²) in [6.45, 7) is 8.10. The van der Waals surface area contributed by atoms with Gasteiger partial charge in [0.2, 0.25) is 0 Å². The molecule has 134 valence electrons. The second-order valence-corrected chi connectivity index (χ2v) is 7.38. The smallest absolute Gasteiger partial charge is 0.191 e. The van der Waals surface area contributed by atoms with E-state index in [2.05, 4.69) is 34.4 Å². The number of rotatable bonds is 4. The summed E-state index contributed by atoms with van der Waals surface area (Å²) in [7, 11) is 1.86. The second-order valence-electron chi connectivity index (χ2n) is 7.38. The van der Waals surface area contributed by atoms with Crippen molar-refractivity contribution in [2.45, 2.75) is 70.2 Å². The molecule has 0 saturated carbocycles. The molecule has 0 aliphatic carbocycles. The SMILES string of the molecule is CN=C(NCC(C)N1CCC(C)CC1)NC1CC2CCC1O2.I. The largest absolute Gasteiger partial charge is 0.373 e. The maximum atomic E-state index is 5.91. The Bertz CT molecular complexity index is 398. The van der Waals surface area contributed by atoms with E-state index in [1.165, 1.54) is 38.8 Å². The number of fused-ring (bicyclic) bond motifs is 2. The van der Waals surface area contributed by atoms with Crippen LogP contribution in [0, 0.1) is 5.92 Å². The lowest BCUT2D eigenvalue weighted by Gasteiger charge is -2.35. The van der Waals surface area contributed by atoms with Crippen LogP contribution in [0.3, 0.4) is 0 Å². The van der Waals surface area contributed by atoms with E-state index in [1.54, 1.807) is 0 Å². The Kier molecular flexibility index (Phi) is 7.41. The van der Waals surface area contributed by atoms with Gasteiger partial charge in [-0.2, -0.15) is 0 Å². The van der Waals surface area contributed by atoms with Crippen LogP contribution in [0.1, 0.15) is 46.0 Å². The molecule has 5 nitrogen and oxygen atoms in total. The van der Waals surface area contributed by atoms with E-state index in [0.717, 1.165) is 24.8 Å². The number of piperidine rings is 1. The van der Waals surface area contributed by atoms with Gasteiger partial charge in [-0.1, -0.05) is 6.92 Å². The summed E-state index contributed by atoms with van der Waals surface area (Å²) in [5, 5.41) is 7.06. The van der Waals surface area contributed by atoms with Gasteiger partial charge >= 0.3 is 0 Å². The molecule has 3 heterocycles. The fourth-order valence-electron chi connectivity index (χ4n) is 4.00. The fraction of sp³-hybridized carbons (Fsp3) is 0.941. The Hall–Kier alpha value is -0.0800. The van der Waals surface area contributed by atoms with Crippen LogP contribution in [0.5, 0.6) is 0 Å². The van der Waals surface area contributed by atoms with Crippen molar-refractivity contribution in [2.24, 2.45) is 10.9 Å². The third-order valence-electron chi connectivity index (χ3n) is 5.66. The Morgan fingerprint density at radius 3 is 2.57 bits per heavy atom. The van der Waals surface area contributed by atoms with E-state index in [4.69, 9.17) is 4.74 Å². The fourth-order valence-corrected chi connectivity index (χ4v) is 4.00. The number of halogens is 1. The minimum Gasteiger partial charge on any atom is -0.373 e. The molecule has 3 rings (SSSR count). The topological polar surface area (TPSA) is 48.9 Å². The van der Waals surface area contributed by atoms with Crippen LogP contribution in [0.4, 0.5) is 0 Å². The molecule has 3 saturated heterocycles. The number of nitrogens with zero attached hydrogens (tertiary/aromatic N) is 2. The van der Waals surface area contributed by atoms with Crippen LogP contribution in [-0.4, -0.2) is 61.8 Å². The zero-order valence-corrected chi connectivity index (χ0v) is 17.1. The van der Waals surface area contributed by atoms with Gasteiger partial charge in [0.15, 0.2) is 5.96 Å². The number of guanidine groups is 1. The van der Waals surface area contributed by atoms with Gasteiger partial charge in [-0.3, -0.25) is 9.89 Å². The molecule has 2 N–H and O–H groups in total. The Labute approximate surface area is 158 Å². The summed E-state index contributed by atoms with van der Waals surface area (Å²) in [6.07, 6.45) is 7.10.